The lowest BCUT2D eigenvalue weighted by Crippen LogP contribution is -2.21. The van der Waals surface area contributed by atoms with Gasteiger partial charge in [-0.05, 0) is 18.9 Å². The topological polar surface area (TPSA) is 72.8 Å². The third-order valence-corrected chi connectivity index (χ3v) is 1.86. The van der Waals surface area contributed by atoms with Gasteiger partial charge in [-0.2, -0.15) is 8.42 Å². The van der Waals surface area contributed by atoms with Gasteiger partial charge in [0.15, 0.2) is 0 Å². The zero-order valence-electron chi connectivity index (χ0n) is 6.34. The van der Waals surface area contributed by atoms with Gasteiger partial charge >= 0.3 is 10.4 Å². The van der Waals surface area contributed by atoms with Crippen LogP contribution in [0.15, 0.2) is 12.3 Å². The summed E-state index contributed by atoms with van der Waals surface area (Å²) in [5.41, 5.74) is 0. The molecule has 0 aromatic heterocycles. The summed E-state index contributed by atoms with van der Waals surface area (Å²) in [6.07, 6.45) is 4.59. The first-order valence-electron chi connectivity index (χ1n) is 3.50. The molecule has 0 aromatic carbocycles. The molecule has 1 aliphatic rings. The minimum Gasteiger partial charge on any atom is -0.496 e. The maximum atomic E-state index is 10.1. The van der Waals surface area contributed by atoms with Crippen LogP contribution in [0.2, 0.25) is 0 Å². The van der Waals surface area contributed by atoms with Crippen LogP contribution in [-0.4, -0.2) is 25.7 Å². The lowest BCUT2D eigenvalue weighted by atomic mass is 10.2. The Balaban J connectivity index is 2.28. The molecule has 0 radical (unpaired) electrons. The Labute approximate surface area is 70.9 Å². The SMILES string of the molecule is O=S(=O)(O)OCC1CCC=CO1. The highest BCUT2D eigenvalue weighted by Crippen LogP contribution is 2.10. The Morgan fingerprint density at radius 1 is 1.67 bits per heavy atom. The molecule has 1 unspecified atom stereocenters. The average Bonchev–Trinajstić information content (AvgIpc) is 2.02. The van der Waals surface area contributed by atoms with Crippen LogP contribution in [0.25, 0.3) is 0 Å². The maximum absolute atomic E-state index is 10.1. The van der Waals surface area contributed by atoms with E-state index in [1.165, 1.54) is 6.26 Å². The first kappa shape index (κ1) is 9.50. The second-order valence-corrected chi connectivity index (χ2v) is 3.51. The molecular formula is C6H10O5S. The molecule has 0 aromatic rings. The number of allylic oxidation sites excluding steroid dienone is 1. The van der Waals surface area contributed by atoms with Crippen molar-refractivity contribution in [3.63, 3.8) is 0 Å². The van der Waals surface area contributed by atoms with E-state index >= 15 is 0 Å². The van der Waals surface area contributed by atoms with E-state index in [2.05, 4.69) is 4.18 Å². The summed E-state index contributed by atoms with van der Waals surface area (Å²) in [6.45, 7) is -0.136. The number of hydrogen-bond donors (Lipinski definition) is 1. The normalized spacial score (nSPS) is 23.6. The third-order valence-electron chi connectivity index (χ3n) is 1.43. The van der Waals surface area contributed by atoms with Gasteiger partial charge in [-0.3, -0.25) is 4.55 Å². The highest BCUT2D eigenvalue weighted by Gasteiger charge is 2.14. The van der Waals surface area contributed by atoms with E-state index in [4.69, 9.17) is 9.29 Å². The fraction of sp³-hybridized carbons (Fsp3) is 0.667. The van der Waals surface area contributed by atoms with E-state index in [-0.39, 0.29) is 12.7 Å². The molecule has 1 N–H and O–H groups in total. The quantitative estimate of drug-likeness (QED) is 0.662. The summed E-state index contributed by atoms with van der Waals surface area (Å²) >= 11 is 0. The van der Waals surface area contributed by atoms with Gasteiger partial charge in [0.1, 0.15) is 12.7 Å². The highest BCUT2D eigenvalue weighted by molar-refractivity contribution is 7.80. The molecule has 70 valence electrons. The smallest absolute Gasteiger partial charge is 0.397 e. The molecule has 0 fully saturated rings. The van der Waals surface area contributed by atoms with Gasteiger partial charge in [-0.15, -0.1) is 0 Å². The molecule has 6 heteroatoms. The molecular weight excluding hydrogens is 184 g/mol. The minimum absolute atomic E-state index is 0.136. The Bertz CT molecular complexity index is 255. The van der Waals surface area contributed by atoms with Crippen molar-refractivity contribution in [2.45, 2.75) is 18.9 Å². The Kier molecular flexibility index (Phi) is 3.07. The second-order valence-electron chi connectivity index (χ2n) is 2.42. The Morgan fingerprint density at radius 2 is 2.42 bits per heavy atom. The van der Waals surface area contributed by atoms with Crippen LogP contribution in [0, 0.1) is 0 Å². The van der Waals surface area contributed by atoms with Crippen molar-refractivity contribution in [1.82, 2.24) is 0 Å². The Morgan fingerprint density at radius 3 is 2.92 bits per heavy atom. The van der Waals surface area contributed by atoms with Crippen LogP contribution in [0.5, 0.6) is 0 Å². The molecule has 1 heterocycles. The zero-order valence-corrected chi connectivity index (χ0v) is 7.16. The molecule has 1 atom stereocenters. The van der Waals surface area contributed by atoms with Crippen LogP contribution in [-0.2, 0) is 19.3 Å². The van der Waals surface area contributed by atoms with E-state index in [0.29, 0.717) is 6.42 Å². The number of ether oxygens (including phenoxy) is 1. The fourth-order valence-corrected chi connectivity index (χ4v) is 1.19. The number of rotatable bonds is 3. The molecule has 1 aliphatic heterocycles. The summed E-state index contributed by atoms with van der Waals surface area (Å²) < 4.78 is 37.6. The molecule has 1 rings (SSSR count). The predicted octanol–water partition coefficient (Wildman–Crippen LogP) is 0.499. The summed E-state index contributed by atoms with van der Waals surface area (Å²) in [5.74, 6) is 0. The Hall–Kier alpha value is -0.590. The van der Waals surface area contributed by atoms with Crippen molar-refractivity contribution in [2.24, 2.45) is 0 Å². The van der Waals surface area contributed by atoms with Crippen molar-refractivity contribution < 1.29 is 21.9 Å². The fourth-order valence-electron chi connectivity index (χ4n) is 0.869. The molecule has 5 nitrogen and oxygen atoms in total. The first-order valence-corrected chi connectivity index (χ1v) is 4.87. The van der Waals surface area contributed by atoms with Crippen molar-refractivity contribution in [1.29, 1.82) is 0 Å². The molecule has 0 saturated carbocycles. The lowest BCUT2D eigenvalue weighted by molar-refractivity contribution is 0.0705. The molecule has 0 saturated heterocycles. The average molecular weight is 194 g/mol. The van der Waals surface area contributed by atoms with Crippen molar-refractivity contribution in [3.05, 3.63) is 12.3 Å². The molecule has 0 amide bonds. The molecule has 0 spiro atoms. The maximum Gasteiger partial charge on any atom is 0.397 e. The monoisotopic (exact) mass is 194 g/mol. The van der Waals surface area contributed by atoms with Crippen LogP contribution in [0.4, 0.5) is 0 Å². The minimum atomic E-state index is -4.33. The van der Waals surface area contributed by atoms with Crippen LogP contribution >= 0.6 is 0 Å². The van der Waals surface area contributed by atoms with Gasteiger partial charge in [-0.1, -0.05) is 0 Å². The van der Waals surface area contributed by atoms with Crippen molar-refractivity contribution >= 4 is 10.4 Å². The van der Waals surface area contributed by atoms with Crippen molar-refractivity contribution in [3.8, 4) is 0 Å². The van der Waals surface area contributed by atoms with Gasteiger partial charge in [0.25, 0.3) is 0 Å². The predicted molar refractivity (Wildman–Crippen MR) is 40.7 cm³/mol. The van der Waals surface area contributed by atoms with Crippen molar-refractivity contribution in [2.75, 3.05) is 6.61 Å². The molecule has 0 aliphatic carbocycles. The lowest BCUT2D eigenvalue weighted by Gasteiger charge is -2.17. The summed E-state index contributed by atoms with van der Waals surface area (Å²) in [5, 5.41) is 0. The van der Waals surface area contributed by atoms with E-state index in [1.54, 1.807) is 0 Å². The number of hydrogen-bond acceptors (Lipinski definition) is 4. The zero-order chi connectivity index (χ0) is 9.03. The van der Waals surface area contributed by atoms with Crippen LogP contribution in [0.3, 0.4) is 0 Å². The van der Waals surface area contributed by atoms with E-state index in [0.717, 1.165) is 6.42 Å². The van der Waals surface area contributed by atoms with Crippen LogP contribution in [0.1, 0.15) is 12.8 Å². The first-order chi connectivity index (χ1) is 5.58. The van der Waals surface area contributed by atoms with Gasteiger partial charge in [0.2, 0.25) is 0 Å². The second kappa shape index (κ2) is 3.88. The largest absolute Gasteiger partial charge is 0.496 e. The van der Waals surface area contributed by atoms with Gasteiger partial charge in [-0.25, -0.2) is 4.18 Å². The molecule has 12 heavy (non-hydrogen) atoms. The van der Waals surface area contributed by atoms with Gasteiger partial charge in [0, 0.05) is 0 Å². The third kappa shape index (κ3) is 3.70. The van der Waals surface area contributed by atoms with E-state index in [1.807, 2.05) is 6.08 Å². The van der Waals surface area contributed by atoms with Gasteiger partial charge in [0.05, 0.1) is 6.26 Å². The molecule has 0 bridgehead atoms. The van der Waals surface area contributed by atoms with Gasteiger partial charge < -0.3 is 4.74 Å². The van der Waals surface area contributed by atoms with E-state index < -0.39 is 10.4 Å². The summed E-state index contributed by atoms with van der Waals surface area (Å²) in [6, 6.07) is 0. The van der Waals surface area contributed by atoms with E-state index in [9.17, 15) is 8.42 Å². The van der Waals surface area contributed by atoms with Crippen LogP contribution < -0.4 is 0 Å². The highest BCUT2D eigenvalue weighted by atomic mass is 32.3. The summed E-state index contributed by atoms with van der Waals surface area (Å²) in [4.78, 5) is 0. The standard InChI is InChI=1S/C6H10O5S/c7-12(8,9)11-5-6-3-1-2-4-10-6/h2,4,6H,1,3,5H2,(H,7,8,9). The summed E-state index contributed by atoms with van der Waals surface area (Å²) in [7, 11) is -4.33.